The maximum atomic E-state index is 12.2. The molecule has 1 aromatic rings. The van der Waals surface area contributed by atoms with E-state index in [0.717, 1.165) is 39.0 Å². The first-order chi connectivity index (χ1) is 9.79. The van der Waals surface area contributed by atoms with E-state index >= 15 is 0 Å². The van der Waals surface area contributed by atoms with Gasteiger partial charge in [-0.3, -0.25) is 0 Å². The molecule has 108 valence electrons. The van der Waals surface area contributed by atoms with E-state index in [2.05, 4.69) is 46.3 Å². The zero-order valence-corrected chi connectivity index (χ0v) is 12.1. The Bertz CT molecular complexity index is 454. The van der Waals surface area contributed by atoms with Crippen LogP contribution >= 0.6 is 0 Å². The molecule has 0 bridgehead atoms. The van der Waals surface area contributed by atoms with E-state index in [1.807, 2.05) is 6.07 Å². The standard InChI is InChI=1S/C16H23N3O/c1-2-18-10-8-14(9-11-18)19-15(12-17-16(19)20)13-6-4-3-5-7-13/h3-7,14-15H,2,8-12H2,1H3,(H,17,20). The van der Waals surface area contributed by atoms with Crippen LogP contribution in [0.4, 0.5) is 4.79 Å². The largest absolute Gasteiger partial charge is 0.336 e. The van der Waals surface area contributed by atoms with Crippen molar-refractivity contribution in [3.63, 3.8) is 0 Å². The van der Waals surface area contributed by atoms with Crippen LogP contribution in [-0.2, 0) is 0 Å². The van der Waals surface area contributed by atoms with Crippen LogP contribution in [0.15, 0.2) is 30.3 Å². The van der Waals surface area contributed by atoms with Crippen LogP contribution in [0.2, 0.25) is 0 Å². The van der Waals surface area contributed by atoms with E-state index in [1.54, 1.807) is 0 Å². The first-order valence-corrected chi connectivity index (χ1v) is 7.63. The van der Waals surface area contributed by atoms with Crippen molar-refractivity contribution < 1.29 is 4.79 Å². The van der Waals surface area contributed by atoms with Gasteiger partial charge in [0.15, 0.2) is 0 Å². The first kappa shape index (κ1) is 13.4. The average molecular weight is 273 g/mol. The zero-order valence-electron chi connectivity index (χ0n) is 12.1. The summed E-state index contributed by atoms with van der Waals surface area (Å²) in [7, 11) is 0. The summed E-state index contributed by atoms with van der Waals surface area (Å²) in [6.07, 6.45) is 2.18. The summed E-state index contributed by atoms with van der Waals surface area (Å²) in [5.41, 5.74) is 1.24. The lowest BCUT2D eigenvalue weighted by Gasteiger charge is -2.38. The minimum atomic E-state index is 0.105. The molecule has 2 fully saturated rings. The maximum absolute atomic E-state index is 12.2. The number of carbonyl (C=O) groups is 1. The molecule has 0 aromatic heterocycles. The highest BCUT2D eigenvalue weighted by atomic mass is 16.2. The van der Waals surface area contributed by atoms with Crippen molar-refractivity contribution in [3.05, 3.63) is 35.9 Å². The number of benzene rings is 1. The Morgan fingerprint density at radius 2 is 1.90 bits per heavy atom. The number of urea groups is 1. The summed E-state index contributed by atoms with van der Waals surface area (Å²) in [4.78, 5) is 16.8. The van der Waals surface area contributed by atoms with Crippen LogP contribution in [0.5, 0.6) is 0 Å². The lowest BCUT2D eigenvalue weighted by atomic mass is 9.99. The van der Waals surface area contributed by atoms with E-state index in [4.69, 9.17) is 0 Å². The molecule has 0 radical (unpaired) electrons. The predicted octanol–water partition coefficient (Wildman–Crippen LogP) is 2.24. The number of nitrogens with zero attached hydrogens (tertiary/aromatic N) is 2. The van der Waals surface area contributed by atoms with Crippen LogP contribution in [0.25, 0.3) is 0 Å². The van der Waals surface area contributed by atoms with Crippen LogP contribution in [-0.4, -0.2) is 48.1 Å². The van der Waals surface area contributed by atoms with Gasteiger partial charge in [0, 0.05) is 25.7 Å². The molecule has 0 spiro atoms. The van der Waals surface area contributed by atoms with Gasteiger partial charge in [-0.25, -0.2) is 4.79 Å². The van der Waals surface area contributed by atoms with E-state index in [-0.39, 0.29) is 12.1 Å². The molecule has 20 heavy (non-hydrogen) atoms. The highest BCUT2D eigenvalue weighted by Gasteiger charge is 2.37. The molecule has 3 rings (SSSR count). The highest BCUT2D eigenvalue weighted by molar-refractivity contribution is 5.77. The topological polar surface area (TPSA) is 35.6 Å². The fourth-order valence-corrected chi connectivity index (χ4v) is 3.40. The quantitative estimate of drug-likeness (QED) is 0.916. The summed E-state index contributed by atoms with van der Waals surface area (Å²) in [5, 5.41) is 3.01. The third-order valence-electron chi connectivity index (χ3n) is 4.60. The van der Waals surface area contributed by atoms with Crippen LogP contribution in [0, 0.1) is 0 Å². The van der Waals surface area contributed by atoms with Gasteiger partial charge >= 0.3 is 6.03 Å². The number of hydrogen-bond donors (Lipinski definition) is 1. The van der Waals surface area contributed by atoms with Gasteiger partial charge in [0.05, 0.1) is 6.04 Å². The SMILES string of the molecule is CCN1CCC(N2C(=O)NCC2c2ccccc2)CC1. The molecule has 0 aliphatic carbocycles. The monoisotopic (exact) mass is 273 g/mol. The number of amides is 2. The molecule has 2 aliphatic rings. The lowest BCUT2D eigenvalue weighted by Crippen LogP contribution is -2.46. The van der Waals surface area contributed by atoms with Gasteiger partial charge in [-0.1, -0.05) is 37.3 Å². The predicted molar refractivity (Wildman–Crippen MR) is 79.6 cm³/mol. The second-order valence-electron chi connectivity index (χ2n) is 5.69. The molecule has 2 aliphatic heterocycles. The Labute approximate surface area is 120 Å². The highest BCUT2D eigenvalue weighted by Crippen LogP contribution is 2.30. The molecular weight excluding hydrogens is 250 g/mol. The van der Waals surface area contributed by atoms with Crippen LogP contribution < -0.4 is 5.32 Å². The summed E-state index contributed by atoms with van der Waals surface area (Å²) in [6, 6.07) is 11.1. The molecule has 2 saturated heterocycles. The van der Waals surface area contributed by atoms with Gasteiger partial charge in [-0.15, -0.1) is 0 Å². The number of rotatable bonds is 3. The number of hydrogen-bond acceptors (Lipinski definition) is 2. The van der Waals surface area contributed by atoms with Crippen molar-refractivity contribution in [3.8, 4) is 0 Å². The van der Waals surface area contributed by atoms with E-state index < -0.39 is 0 Å². The normalized spacial score (nSPS) is 24.9. The summed E-state index contributed by atoms with van der Waals surface area (Å²) in [6.45, 7) is 6.26. The summed E-state index contributed by atoms with van der Waals surface area (Å²) < 4.78 is 0. The van der Waals surface area contributed by atoms with Crippen LogP contribution in [0.1, 0.15) is 31.4 Å². The fraction of sp³-hybridized carbons (Fsp3) is 0.562. The number of nitrogens with one attached hydrogen (secondary N) is 1. The Hall–Kier alpha value is -1.55. The molecule has 1 unspecified atom stereocenters. The van der Waals surface area contributed by atoms with Gasteiger partial charge < -0.3 is 15.1 Å². The van der Waals surface area contributed by atoms with Gasteiger partial charge in [-0.05, 0) is 24.9 Å². The molecule has 1 aromatic carbocycles. The van der Waals surface area contributed by atoms with Crippen molar-refractivity contribution in [2.75, 3.05) is 26.2 Å². The van der Waals surface area contributed by atoms with Crippen molar-refractivity contribution >= 4 is 6.03 Å². The van der Waals surface area contributed by atoms with Crippen molar-refractivity contribution in [2.24, 2.45) is 0 Å². The zero-order chi connectivity index (χ0) is 13.9. The van der Waals surface area contributed by atoms with Crippen molar-refractivity contribution in [1.29, 1.82) is 0 Å². The molecule has 1 atom stereocenters. The van der Waals surface area contributed by atoms with E-state index in [9.17, 15) is 4.79 Å². The molecule has 1 N–H and O–H groups in total. The maximum Gasteiger partial charge on any atom is 0.318 e. The molecule has 4 nitrogen and oxygen atoms in total. The van der Waals surface area contributed by atoms with E-state index in [0.29, 0.717) is 6.04 Å². The molecular formula is C16H23N3O. The first-order valence-electron chi connectivity index (χ1n) is 7.63. The smallest absolute Gasteiger partial charge is 0.318 e. The van der Waals surface area contributed by atoms with E-state index in [1.165, 1.54) is 5.56 Å². The summed E-state index contributed by atoms with van der Waals surface area (Å²) in [5.74, 6) is 0. The minimum absolute atomic E-state index is 0.105. The van der Waals surface area contributed by atoms with Gasteiger partial charge in [0.1, 0.15) is 0 Å². The van der Waals surface area contributed by atoms with Gasteiger partial charge in [-0.2, -0.15) is 0 Å². The number of likely N-dealkylation sites (tertiary alicyclic amines) is 1. The second-order valence-corrected chi connectivity index (χ2v) is 5.69. The van der Waals surface area contributed by atoms with Gasteiger partial charge in [0.25, 0.3) is 0 Å². The summed E-state index contributed by atoms with van der Waals surface area (Å²) >= 11 is 0. The van der Waals surface area contributed by atoms with Crippen molar-refractivity contribution in [1.82, 2.24) is 15.1 Å². The average Bonchev–Trinajstić information content (AvgIpc) is 2.90. The Morgan fingerprint density at radius 1 is 1.20 bits per heavy atom. The Kier molecular flexibility index (Phi) is 3.92. The lowest BCUT2D eigenvalue weighted by molar-refractivity contribution is 0.118. The molecule has 4 heteroatoms. The molecule has 0 saturated carbocycles. The van der Waals surface area contributed by atoms with Crippen LogP contribution in [0.3, 0.4) is 0 Å². The third-order valence-corrected chi connectivity index (χ3v) is 4.60. The Balaban J connectivity index is 1.74. The number of piperidine rings is 1. The molecule has 2 amide bonds. The van der Waals surface area contributed by atoms with Crippen molar-refractivity contribution in [2.45, 2.75) is 31.8 Å². The third kappa shape index (κ3) is 2.52. The molecule has 2 heterocycles. The fourth-order valence-electron chi connectivity index (χ4n) is 3.40. The second kappa shape index (κ2) is 5.83. The Morgan fingerprint density at radius 3 is 2.55 bits per heavy atom. The van der Waals surface area contributed by atoms with Gasteiger partial charge in [0.2, 0.25) is 0 Å². The number of carbonyl (C=O) groups excluding carboxylic acids is 1. The minimum Gasteiger partial charge on any atom is -0.336 e.